The molecule has 0 saturated heterocycles. The lowest BCUT2D eigenvalue weighted by atomic mass is 10.3. The summed E-state index contributed by atoms with van der Waals surface area (Å²) in [5.74, 6) is 0.490. The van der Waals surface area contributed by atoms with Crippen LogP contribution in [0.5, 0.6) is 5.75 Å². The average Bonchev–Trinajstić information content (AvgIpc) is 2.98. The lowest BCUT2D eigenvalue weighted by Gasteiger charge is -2.11. The molecular formula is C14H14ClNO4. The maximum Gasteiger partial charge on any atom is 0.258 e. The molecule has 1 unspecified atom stereocenters. The summed E-state index contributed by atoms with van der Waals surface area (Å²) >= 11 is 5.89. The van der Waals surface area contributed by atoms with Crippen LogP contribution in [-0.4, -0.2) is 24.2 Å². The van der Waals surface area contributed by atoms with E-state index in [1.54, 1.807) is 36.4 Å². The summed E-state index contributed by atoms with van der Waals surface area (Å²) < 4.78 is 10.3. The van der Waals surface area contributed by atoms with E-state index in [4.69, 9.17) is 20.8 Å². The molecule has 0 aliphatic heterocycles. The van der Waals surface area contributed by atoms with Crippen LogP contribution in [0.3, 0.4) is 0 Å². The van der Waals surface area contributed by atoms with E-state index in [1.807, 2.05) is 0 Å². The van der Waals surface area contributed by atoms with Gasteiger partial charge in [0.05, 0.1) is 17.8 Å². The Balaban J connectivity index is 1.75. The number of amides is 1. The maximum absolute atomic E-state index is 11.6. The second-order valence-corrected chi connectivity index (χ2v) is 4.46. The molecular weight excluding hydrogens is 282 g/mol. The topological polar surface area (TPSA) is 71.7 Å². The third-order valence-electron chi connectivity index (χ3n) is 2.56. The molecule has 106 valence electrons. The summed E-state index contributed by atoms with van der Waals surface area (Å²) in [5.41, 5.74) is 0. The summed E-state index contributed by atoms with van der Waals surface area (Å²) in [5, 5.41) is 12.7. The minimum Gasteiger partial charge on any atom is -0.482 e. The first kappa shape index (κ1) is 14.4. The standard InChI is InChI=1S/C14H14ClNO4/c15-10-4-1-2-5-12(10)20-9-14(18)16-8-11(17)13-6-3-7-19-13/h1-7,11,17H,8-9H2,(H,16,18). The van der Waals surface area contributed by atoms with Crippen LogP contribution in [0.25, 0.3) is 0 Å². The molecule has 0 radical (unpaired) electrons. The molecule has 6 heteroatoms. The van der Waals surface area contributed by atoms with Gasteiger partial charge in [0, 0.05) is 0 Å². The van der Waals surface area contributed by atoms with E-state index >= 15 is 0 Å². The van der Waals surface area contributed by atoms with Gasteiger partial charge in [-0.1, -0.05) is 23.7 Å². The van der Waals surface area contributed by atoms with Crippen LogP contribution >= 0.6 is 11.6 Å². The fraction of sp³-hybridized carbons (Fsp3) is 0.214. The number of aliphatic hydroxyl groups is 1. The first-order valence-corrected chi connectivity index (χ1v) is 6.40. The summed E-state index contributed by atoms with van der Waals surface area (Å²) in [6.45, 7) is -0.118. The van der Waals surface area contributed by atoms with Crippen molar-refractivity contribution in [3.05, 3.63) is 53.4 Å². The molecule has 2 aromatic rings. The molecule has 1 amide bonds. The van der Waals surface area contributed by atoms with Crippen molar-refractivity contribution in [2.75, 3.05) is 13.2 Å². The molecule has 2 N–H and O–H groups in total. The van der Waals surface area contributed by atoms with Gasteiger partial charge in [-0.05, 0) is 24.3 Å². The van der Waals surface area contributed by atoms with E-state index in [0.717, 1.165) is 0 Å². The molecule has 0 saturated carbocycles. The van der Waals surface area contributed by atoms with Crippen molar-refractivity contribution in [1.29, 1.82) is 0 Å². The molecule has 2 rings (SSSR count). The molecule has 0 bridgehead atoms. The van der Waals surface area contributed by atoms with Gasteiger partial charge in [0.2, 0.25) is 0 Å². The quantitative estimate of drug-likeness (QED) is 0.856. The summed E-state index contributed by atoms with van der Waals surface area (Å²) in [7, 11) is 0. The number of hydrogen-bond acceptors (Lipinski definition) is 4. The maximum atomic E-state index is 11.6. The van der Waals surface area contributed by atoms with Gasteiger partial charge >= 0.3 is 0 Å². The number of furan rings is 1. The highest BCUT2D eigenvalue weighted by atomic mass is 35.5. The van der Waals surface area contributed by atoms with E-state index in [-0.39, 0.29) is 19.1 Å². The molecule has 0 fully saturated rings. The minimum atomic E-state index is -0.880. The number of aliphatic hydroxyl groups excluding tert-OH is 1. The molecule has 0 aliphatic carbocycles. The van der Waals surface area contributed by atoms with Gasteiger partial charge in [-0.25, -0.2) is 0 Å². The summed E-state index contributed by atoms with van der Waals surface area (Å²) in [6.07, 6.45) is 0.579. The normalized spacial score (nSPS) is 11.9. The van der Waals surface area contributed by atoms with E-state index in [0.29, 0.717) is 16.5 Å². The van der Waals surface area contributed by atoms with Crippen molar-refractivity contribution in [3.8, 4) is 5.75 Å². The van der Waals surface area contributed by atoms with E-state index in [9.17, 15) is 9.90 Å². The Morgan fingerprint density at radius 2 is 2.15 bits per heavy atom. The van der Waals surface area contributed by atoms with Gasteiger partial charge in [0.15, 0.2) is 6.61 Å². The Kier molecular flexibility index (Phi) is 5.03. The highest BCUT2D eigenvalue weighted by Gasteiger charge is 2.12. The van der Waals surface area contributed by atoms with Crippen molar-refractivity contribution in [3.63, 3.8) is 0 Å². The van der Waals surface area contributed by atoms with Gasteiger partial charge in [-0.3, -0.25) is 4.79 Å². The fourth-order valence-electron chi connectivity index (χ4n) is 1.55. The third-order valence-corrected chi connectivity index (χ3v) is 2.87. The van der Waals surface area contributed by atoms with Crippen LogP contribution in [0.2, 0.25) is 5.02 Å². The minimum absolute atomic E-state index is 0.0538. The number of rotatable bonds is 6. The molecule has 1 aromatic heterocycles. The second-order valence-electron chi connectivity index (χ2n) is 4.05. The Labute approximate surface area is 121 Å². The number of carbonyl (C=O) groups excluding carboxylic acids is 1. The number of para-hydroxylation sites is 1. The predicted molar refractivity (Wildman–Crippen MR) is 73.6 cm³/mol. The van der Waals surface area contributed by atoms with E-state index in [1.165, 1.54) is 6.26 Å². The van der Waals surface area contributed by atoms with Crippen LogP contribution in [-0.2, 0) is 4.79 Å². The van der Waals surface area contributed by atoms with Crippen molar-refractivity contribution < 1.29 is 19.1 Å². The average molecular weight is 296 g/mol. The number of carbonyl (C=O) groups is 1. The monoisotopic (exact) mass is 295 g/mol. The highest BCUT2D eigenvalue weighted by molar-refractivity contribution is 6.32. The van der Waals surface area contributed by atoms with Crippen LogP contribution in [0.1, 0.15) is 11.9 Å². The lowest BCUT2D eigenvalue weighted by Crippen LogP contribution is -2.32. The smallest absolute Gasteiger partial charge is 0.258 e. The van der Waals surface area contributed by atoms with Crippen LogP contribution < -0.4 is 10.1 Å². The lowest BCUT2D eigenvalue weighted by molar-refractivity contribution is -0.123. The zero-order chi connectivity index (χ0) is 14.4. The molecule has 1 heterocycles. The van der Waals surface area contributed by atoms with Crippen molar-refractivity contribution in [2.45, 2.75) is 6.10 Å². The first-order chi connectivity index (χ1) is 9.66. The van der Waals surface area contributed by atoms with Gasteiger partial charge < -0.3 is 19.6 Å². The Hall–Kier alpha value is -1.98. The Morgan fingerprint density at radius 1 is 1.35 bits per heavy atom. The largest absolute Gasteiger partial charge is 0.482 e. The van der Waals surface area contributed by atoms with E-state index < -0.39 is 6.10 Å². The molecule has 0 spiro atoms. The highest BCUT2D eigenvalue weighted by Crippen LogP contribution is 2.22. The Bertz CT molecular complexity index is 556. The number of nitrogens with one attached hydrogen (secondary N) is 1. The molecule has 1 aromatic carbocycles. The van der Waals surface area contributed by atoms with Gasteiger partial charge in [0.1, 0.15) is 17.6 Å². The summed E-state index contributed by atoms with van der Waals surface area (Å²) in [4.78, 5) is 11.6. The van der Waals surface area contributed by atoms with Gasteiger partial charge in [0.25, 0.3) is 5.91 Å². The number of ether oxygens (including phenoxy) is 1. The van der Waals surface area contributed by atoms with Crippen molar-refractivity contribution in [1.82, 2.24) is 5.32 Å². The molecule has 5 nitrogen and oxygen atoms in total. The van der Waals surface area contributed by atoms with Gasteiger partial charge in [-0.15, -0.1) is 0 Å². The number of hydrogen-bond donors (Lipinski definition) is 2. The molecule has 1 atom stereocenters. The molecule has 0 aliphatic rings. The van der Waals surface area contributed by atoms with Crippen LogP contribution in [0.4, 0.5) is 0 Å². The van der Waals surface area contributed by atoms with Crippen molar-refractivity contribution >= 4 is 17.5 Å². The second kappa shape index (κ2) is 6.98. The van der Waals surface area contributed by atoms with Gasteiger partial charge in [-0.2, -0.15) is 0 Å². The fourth-order valence-corrected chi connectivity index (χ4v) is 1.74. The predicted octanol–water partition coefficient (Wildman–Crippen LogP) is 2.16. The zero-order valence-corrected chi connectivity index (χ0v) is 11.3. The third kappa shape index (κ3) is 4.01. The SMILES string of the molecule is O=C(COc1ccccc1Cl)NCC(O)c1ccco1. The Morgan fingerprint density at radius 3 is 2.85 bits per heavy atom. The summed E-state index contributed by atoms with van der Waals surface area (Å²) in [6, 6.07) is 10.2. The van der Waals surface area contributed by atoms with Crippen LogP contribution in [0.15, 0.2) is 47.1 Å². The zero-order valence-electron chi connectivity index (χ0n) is 10.6. The first-order valence-electron chi connectivity index (χ1n) is 6.02. The van der Waals surface area contributed by atoms with Crippen LogP contribution in [0, 0.1) is 0 Å². The molecule has 20 heavy (non-hydrogen) atoms. The van der Waals surface area contributed by atoms with Crippen molar-refractivity contribution in [2.24, 2.45) is 0 Å². The number of halogens is 1. The number of benzene rings is 1. The van der Waals surface area contributed by atoms with E-state index in [2.05, 4.69) is 5.32 Å².